The number of fused-ring (bicyclic) bond motifs is 1. The molecule has 0 saturated heterocycles. The Balaban J connectivity index is 1.91. The SMILES string of the molecule is CCCCCCCCn1c[n+](COCCCC)c2ccccc21. The first-order chi connectivity index (χ1) is 11.4. The fourth-order valence-corrected chi connectivity index (χ4v) is 3.00. The number of ether oxygens (including phenoxy) is 1. The Morgan fingerprint density at radius 1 is 0.913 bits per heavy atom. The van der Waals surface area contributed by atoms with E-state index in [0.717, 1.165) is 19.6 Å². The van der Waals surface area contributed by atoms with Crippen LogP contribution >= 0.6 is 0 Å². The van der Waals surface area contributed by atoms with Gasteiger partial charge in [-0.05, 0) is 31.4 Å². The van der Waals surface area contributed by atoms with Crippen LogP contribution in [0.5, 0.6) is 0 Å². The van der Waals surface area contributed by atoms with Crippen LogP contribution < -0.4 is 4.57 Å². The van der Waals surface area contributed by atoms with Crippen LogP contribution in [0.4, 0.5) is 0 Å². The summed E-state index contributed by atoms with van der Waals surface area (Å²) in [6, 6.07) is 8.65. The van der Waals surface area contributed by atoms with E-state index < -0.39 is 0 Å². The van der Waals surface area contributed by atoms with Gasteiger partial charge in [0.05, 0.1) is 13.2 Å². The molecule has 0 saturated carbocycles. The van der Waals surface area contributed by atoms with Crippen LogP contribution in [0.25, 0.3) is 11.0 Å². The number of para-hydroxylation sites is 2. The number of imidazole rings is 1. The molecule has 1 aromatic carbocycles. The minimum atomic E-state index is 0.657. The van der Waals surface area contributed by atoms with Crippen molar-refractivity contribution in [1.82, 2.24) is 4.57 Å². The van der Waals surface area contributed by atoms with Gasteiger partial charge in [-0.1, -0.05) is 58.1 Å². The summed E-state index contributed by atoms with van der Waals surface area (Å²) in [4.78, 5) is 0. The third kappa shape index (κ3) is 5.65. The van der Waals surface area contributed by atoms with Crippen molar-refractivity contribution in [2.24, 2.45) is 0 Å². The predicted molar refractivity (Wildman–Crippen MR) is 96.4 cm³/mol. The summed E-state index contributed by atoms with van der Waals surface area (Å²) >= 11 is 0. The molecule has 0 fully saturated rings. The summed E-state index contributed by atoms with van der Waals surface area (Å²) in [6.07, 6.45) is 12.6. The molecule has 0 spiro atoms. The zero-order valence-corrected chi connectivity index (χ0v) is 15.0. The molecule has 2 rings (SSSR count). The lowest BCUT2D eigenvalue weighted by atomic mass is 10.1. The Hall–Kier alpha value is -1.35. The lowest BCUT2D eigenvalue weighted by Crippen LogP contribution is -2.34. The highest BCUT2D eigenvalue weighted by Crippen LogP contribution is 2.13. The molecule has 23 heavy (non-hydrogen) atoms. The molecule has 0 aliphatic heterocycles. The van der Waals surface area contributed by atoms with E-state index in [-0.39, 0.29) is 0 Å². The zero-order chi connectivity index (χ0) is 16.3. The number of aromatic nitrogens is 2. The number of hydrogen-bond acceptors (Lipinski definition) is 1. The molecule has 3 heteroatoms. The first-order valence-electron chi connectivity index (χ1n) is 9.41. The van der Waals surface area contributed by atoms with Gasteiger partial charge in [0, 0.05) is 0 Å². The number of hydrogen-bond donors (Lipinski definition) is 0. The van der Waals surface area contributed by atoms with Crippen molar-refractivity contribution in [3.05, 3.63) is 30.6 Å². The quantitative estimate of drug-likeness (QED) is 0.395. The maximum atomic E-state index is 5.80. The molecule has 2 aromatic rings. The van der Waals surface area contributed by atoms with Gasteiger partial charge in [0.15, 0.2) is 17.8 Å². The van der Waals surface area contributed by atoms with Gasteiger partial charge in [-0.15, -0.1) is 0 Å². The van der Waals surface area contributed by atoms with Crippen LogP contribution in [-0.4, -0.2) is 11.2 Å². The summed E-state index contributed by atoms with van der Waals surface area (Å²) in [5.74, 6) is 0. The molecule has 0 aliphatic carbocycles. The maximum absolute atomic E-state index is 5.80. The first-order valence-corrected chi connectivity index (χ1v) is 9.41. The summed E-state index contributed by atoms with van der Waals surface area (Å²) in [6.45, 7) is 7.08. The normalized spacial score (nSPS) is 11.4. The molecule has 0 atom stereocenters. The molecular formula is C20H33N2O+. The van der Waals surface area contributed by atoms with E-state index in [1.165, 1.54) is 56.0 Å². The lowest BCUT2D eigenvalue weighted by molar-refractivity contribution is -0.710. The second-order valence-electron chi connectivity index (χ2n) is 6.43. The molecule has 0 N–H and O–H groups in total. The van der Waals surface area contributed by atoms with Crippen molar-refractivity contribution in [3.8, 4) is 0 Å². The molecule has 1 heterocycles. The van der Waals surface area contributed by atoms with Crippen molar-refractivity contribution in [2.45, 2.75) is 78.5 Å². The van der Waals surface area contributed by atoms with Crippen LogP contribution in [-0.2, 0) is 18.0 Å². The van der Waals surface area contributed by atoms with Crippen molar-refractivity contribution in [2.75, 3.05) is 6.61 Å². The topological polar surface area (TPSA) is 18.0 Å². The Labute approximate surface area is 141 Å². The van der Waals surface area contributed by atoms with Crippen LogP contribution in [0.3, 0.4) is 0 Å². The minimum absolute atomic E-state index is 0.657. The minimum Gasteiger partial charge on any atom is -0.342 e. The summed E-state index contributed by atoms with van der Waals surface area (Å²) in [5, 5.41) is 0. The summed E-state index contributed by atoms with van der Waals surface area (Å²) < 4.78 is 10.4. The van der Waals surface area contributed by atoms with Crippen LogP contribution in [0.2, 0.25) is 0 Å². The Kier molecular flexibility index (Phi) is 8.16. The zero-order valence-electron chi connectivity index (χ0n) is 15.0. The standard InChI is InChI=1S/C20H33N2O/c1-3-5-7-8-9-12-15-21-17-22(18-23-16-6-4-2)20-14-11-10-13-19(20)21/h10-11,13-14,17H,3-9,12,15-16,18H2,1-2H3/q+1. The van der Waals surface area contributed by atoms with Crippen LogP contribution in [0, 0.1) is 0 Å². The van der Waals surface area contributed by atoms with Crippen LogP contribution in [0.15, 0.2) is 30.6 Å². The molecule has 0 amide bonds. The van der Waals surface area contributed by atoms with Gasteiger partial charge in [-0.25, -0.2) is 9.13 Å². The number of nitrogens with zero attached hydrogens (tertiary/aromatic N) is 2. The van der Waals surface area contributed by atoms with E-state index in [1.807, 2.05) is 0 Å². The van der Waals surface area contributed by atoms with Crippen molar-refractivity contribution >= 4 is 11.0 Å². The Morgan fingerprint density at radius 3 is 2.48 bits per heavy atom. The molecule has 128 valence electrons. The van der Waals surface area contributed by atoms with Gasteiger partial charge >= 0.3 is 0 Å². The third-order valence-corrected chi connectivity index (χ3v) is 4.40. The molecule has 0 aliphatic rings. The molecule has 0 bridgehead atoms. The van der Waals surface area contributed by atoms with Gasteiger partial charge in [0.2, 0.25) is 6.33 Å². The Morgan fingerprint density at radius 2 is 1.65 bits per heavy atom. The number of aryl methyl sites for hydroxylation is 1. The highest BCUT2D eigenvalue weighted by Gasteiger charge is 2.14. The van der Waals surface area contributed by atoms with Gasteiger partial charge in [0.25, 0.3) is 0 Å². The fraction of sp³-hybridized carbons (Fsp3) is 0.650. The van der Waals surface area contributed by atoms with Crippen molar-refractivity contribution in [1.29, 1.82) is 0 Å². The molecule has 3 nitrogen and oxygen atoms in total. The van der Waals surface area contributed by atoms with Gasteiger partial charge in [0.1, 0.15) is 0 Å². The Bertz CT molecular complexity index is 562. The van der Waals surface area contributed by atoms with E-state index in [4.69, 9.17) is 4.74 Å². The summed E-state index contributed by atoms with van der Waals surface area (Å²) in [5.41, 5.74) is 2.59. The second kappa shape index (κ2) is 10.4. The van der Waals surface area contributed by atoms with Crippen molar-refractivity contribution < 1.29 is 9.30 Å². The van der Waals surface area contributed by atoms with Gasteiger partial charge < -0.3 is 4.74 Å². The largest absolute Gasteiger partial charge is 0.342 e. The molecular weight excluding hydrogens is 284 g/mol. The van der Waals surface area contributed by atoms with Gasteiger partial charge in [-0.3, -0.25) is 0 Å². The molecule has 0 unspecified atom stereocenters. The second-order valence-corrected chi connectivity index (χ2v) is 6.43. The third-order valence-electron chi connectivity index (χ3n) is 4.40. The van der Waals surface area contributed by atoms with Gasteiger partial charge in [-0.2, -0.15) is 0 Å². The highest BCUT2D eigenvalue weighted by atomic mass is 16.5. The first kappa shape index (κ1) is 18.0. The molecule has 0 radical (unpaired) electrons. The smallest absolute Gasteiger partial charge is 0.246 e. The summed E-state index contributed by atoms with van der Waals surface area (Å²) in [7, 11) is 0. The maximum Gasteiger partial charge on any atom is 0.246 e. The number of rotatable bonds is 12. The van der Waals surface area contributed by atoms with E-state index in [9.17, 15) is 0 Å². The average Bonchev–Trinajstić information content (AvgIpc) is 2.93. The van der Waals surface area contributed by atoms with E-state index in [0.29, 0.717) is 6.73 Å². The van der Waals surface area contributed by atoms with Crippen LogP contribution in [0.1, 0.15) is 65.2 Å². The average molecular weight is 317 g/mol. The van der Waals surface area contributed by atoms with E-state index in [2.05, 4.69) is 53.6 Å². The number of unbranched alkanes of at least 4 members (excludes halogenated alkanes) is 6. The highest BCUT2D eigenvalue weighted by molar-refractivity contribution is 5.71. The van der Waals surface area contributed by atoms with Crippen molar-refractivity contribution in [3.63, 3.8) is 0 Å². The monoisotopic (exact) mass is 317 g/mol. The fourth-order valence-electron chi connectivity index (χ4n) is 3.00. The van der Waals surface area contributed by atoms with E-state index >= 15 is 0 Å². The predicted octanol–water partition coefficient (Wildman–Crippen LogP) is 5.06. The molecule has 1 aromatic heterocycles. The number of benzene rings is 1. The lowest BCUT2D eigenvalue weighted by Gasteiger charge is -2.00. The van der Waals surface area contributed by atoms with E-state index in [1.54, 1.807) is 0 Å².